The van der Waals surface area contributed by atoms with E-state index in [1.165, 1.54) is 0 Å². The maximum Gasteiger partial charge on any atom is 0.254 e. The van der Waals surface area contributed by atoms with Gasteiger partial charge in [0.25, 0.3) is 5.91 Å². The van der Waals surface area contributed by atoms with Crippen molar-refractivity contribution in [1.82, 2.24) is 4.90 Å². The van der Waals surface area contributed by atoms with Crippen LogP contribution in [0, 0.1) is 5.92 Å². The molecular formula is C14H21ClN2O2. The number of halogens is 1. The quantitative estimate of drug-likeness (QED) is 0.847. The van der Waals surface area contributed by atoms with E-state index < -0.39 is 0 Å². The third-order valence-electron chi connectivity index (χ3n) is 3.61. The van der Waals surface area contributed by atoms with Gasteiger partial charge >= 0.3 is 0 Å². The van der Waals surface area contributed by atoms with Gasteiger partial charge in [0.15, 0.2) is 0 Å². The van der Waals surface area contributed by atoms with E-state index in [0.29, 0.717) is 23.7 Å². The molecule has 0 saturated carbocycles. The SMILES string of the molecule is COC1CN(C(=O)c2cccc(N)c2)CCC1C.Cl. The summed E-state index contributed by atoms with van der Waals surface area (Å²) in [5.41, 5.74) is 6.98. The first kappa shape index (κ1) is 15.8. The third kappa shape index (κ3) is 3.61. The van der Waals surface area contributed by atoms with Crippen molar-refractivity contribution < 1.29 is 9.53 Å². The molecule has 2 atom stereocenters. The van der Waals surface area contributed by atoms with E-state index in [2.05, 4.69) is 6.92 Å². The first-order valence-corrected chi connectivity index (χ1v) is 6.29. The molecule has 2 N–H and O–H groups in total. The summed E-state index contributed by atoms with van der Waals surface area (Å²) >= 11 is 0. The maximum absolute atomic E-state index is 12.3. The van der Waals surface area contributed by atoms with Gasteiger partial charge in [-0.2, -0.15) is 0 Å². The maximum atomic E-state index is 12.3. The van der Waals surface area contributed by atoms with Crippen molar-refractivity contribution in [3.63, 3.8) is 0 Å². The first-order valence-electron chi connectivity index (χ1n) is 6.29. The summed E-state index contributed by atoms with van der Waals surface area (Å²) in [4.78, 5) is 14.2. The second-order valence-electron chi connectivity index (χ2n) is 4.92. The predicted octanol–water partition coefficient (Wildman–Crippen LogP) is 2.19. The molecule has 1 aromatic carbocycles. The van der Waals surface area contributed by atoms with Gasteiger partial charge in [0.1, 0.15) is 0 Å². The molecule has 4 nitrogen and oxygen atoms in total. The number of nitrogens with two attached hydrogens (primary N) is 1. The number of carbonyl (C=O) groups is 1. The largest absolute Gasteiger partial charge is 0.399 e. The van der Waals surface area contributed by atoms with E-state index in [0.717, 1.165) is 13.0 Å². The van der Waals surface area contributed by atoms with Gasteiger partial charge in [0, 0.05) is 31.5 Å². The van der Waals surface area contributed by atoms with Crippen LogP contribution in [-0.2, 0) is 4.74 Å². The molecule has 2 rings (SSSR count). The van der Waals surface area contributed by atoms with Gasteiger partial charge in [0.2, 0.25) is 0 Å². The molecule has 0 spiro atoms. The first-order chi connectivity index (χ1) is 8.61. The molecule has 1 saturated heterocycles. The Kier molecular flexibility index (Phi) is 5.63. The molecule has 1 heterocycles. The Balaban J connectivity index is 0.00000180. The van der Waals surface area contributed by atoms with Crippen LogP contribution < -0.4 is 5.73 Å². The zero-order valence-electron chi connectivity index (χ0n) is 11.3. The minimum atomic E-state index is 0. The van der Waals surface area contributed by atoms with Crippen molar-refractivity contribution in [2.24, 2.45) is 5.92 Å². The Labute approximate surface area is 120 Å². The van der Waals surface area contributed by atoms with Crippen LogP contribution in [0.3, 0.4) is 0 Å². The van der Waals surface area contributed by atoms with Gasteiger partial charge in [-0.1, -0.05) is 13.0 Å². The van der Waals surface area contributed by atoms with E-state index >= 15 is 0 Å². The van der Waals surface area contributed by atoms with Crippen LogP contribution in [0.4, 0.5) is 5.69 Å². The van der Waals surface area contributed by atoms with Gasteiger partial charge < -0.3 is 15.4 Å². The number of benzene rings is 1. The van der Waals surface area contributed by atoms with Crippen LogP contribution in [-0.4, -0.2) is 37.1 Å². The number of anilines is 1. The molecule has 1 fully saturated rings. The number of nitrogen functional groups attached to an aromatic ring is 1. The van der Waals surface area contributed by atoms with Gasteiger partial charge in [-0.25, -0.2) is 0 Å². The zero-order valence-corrected chi connectivity index (χ0v) is 12.2. The number of carbonyl (C=O) groups excluding carboxylic acids is 1. The second kappa shape index (κ2) is 6.78. The minimum Gasteiger partial charge on any atom is -0.399 e. The zero-order chi connectivity index (χ0) is 13.1. The van der Waals surface area contributed by atoms with E-state index in [4.69, 9.17) is 10.5 Å². The normalized spacial score (nSPS) is 22.7. The number of rotatable bonds is 2. The van der Waals surface area contributed by atoms with Crippen molar-refractivity contribution in [2.45, 2.75) is 19.4 Å². The lowest BCUT2D eigenvalue weighted by Crippen LogP contribution is -2.46. The van der Waals surface area contributed by atoms with Crippen LogP contribution in [0.5, 0.6) is 0 Å². The number of amides is 1. The topological polar surface area (TPSA) is 55.6 Å². The highest BCUT2D eigenvalue weighted by Gasteiger charge is 2.29. The summed E-state index contributed by atoms with van der Waals surface area (Å²) in [7, 11) is 1.70. The molecule has 5 heteroatoms. The van der Waals surface area contributed by atoms with Crippen molar-refractivity contribution in [3.8, 4) is 0 Å². The Hall–Kier alpha value is -1.26. The summed E-state index contributed by atoms with van der Waals surface area (Å²) < 4.78 is 5.42. The highest BCUT2D eigenvalue weighted by molar-refractivity contribution is 5.95. The molecule has 2 unspecified atom stereocenters. The molecule has 0 bridgehead atoms. The fraction of sp³-hybridized carbons (Fsp3) is 0.500. The van der Waals surface area contributed by atoms with E-state index in [1.54, 1.807) is 25.3 Å². The second-order valence-corrected chi connectivity index (χ2v) is 4.92. The Bertz CT molecular complexity index is 439. The number of methoxy groups -OCH3 is 1. The van der Waals surface area contributed by atoms with Gasteiger partial charge in [0.05, 0.1) is 6.10 Å². The summed E-state index contributed by atoms with van der Waals surface area (Å²) in [5, 5.41) is 0. The molecule has 106 valence electrons. The minimum absolute atomic E-state index is 0. The van der Waals surface area contributed by atoms with E-state index in [9.17, 15) is 4.79 Å². The fourth-order valence-corrected chi connectivity index (χ4v) is 2.38. The number of hydrogen-bond acceptors (Lipinski definition) is 3. The van der Waals surface area contributed by atoms with Gasteiger partial charge in [-0.15, -0.1) is 12.4 Å². The lowest BCUT2D eigenvalue weighted by Gasteiger charge is -2.36. The van der Waals surface area contributed by atoms with Crippen LogP contribution in [0.1, 0.15) is 23.7 Å². The smallest absolute Gasteiger partial charge is 0.254 e. The third-order valence-corrected chi connectivity index (χ3v) is 3.61. The van der Waals surface area contributed by atoms with Crippen LogP contribution in [0.2, 0.25) is 0 Å². The Morgan fingerprint density at radius 3 is 2.84 bits per heavy atom. The molecule has 1 aliphatic rings. The number of piperidine rings is 1. The molecule has 0 aliphatic carbocycles. The van der Waals surface area contributed by atoms with Crippen molar-refractivity contribution in [3.05, 3.63) is 29.8 Å². The summed E-state index contributed by atoms with van der Waals surface area (Å²) in [5.74, 6) is 0.538. The average molecular weight is 285 g/mol. The molecule has 1 amide bonds. The van der Waals surface area contributed by atoms with E-state index in [1.807, 2.05) is 11.0 Å². The highest BCUT2D eigenvalue weighted by atomic mass is 35.5. The molecule has 0 aromatic heterocycles. The van der Waals surface area contributed by atoms with Crippen LogP contribution in [0.25, 0.3) is 0 Å². The van der Waals surface area contributed by atoms with Crippen molar-refractivity contribution in [1.29, 1.82) is 0 Å². The summed E-state index contributed by atoms with van der Waals surface area (Å²) in [6, 6.07) is 7.12. The van der Waals surface area contributed by atoms with E-state index in [-0.39, 0.29) is 24.4 Å². The lowest BCUT2D eigenvalue weighted by molar-refractivity contribution is -0.00156. The standard InChI is InChI=1S/C14H20N2O2.ClH/c1-10-6-7-16(9-13(10)18-2)14(17)11-4-3-5-12(15)8-11;/h3-5,8,10,13H,6-7,9,15H2,1-2H3;1H. The van der Waals surface area contributed by atoms with Crippen molar-refractivity contribution in [2.75, 3.05) is 25.9 Å². The number of likely N-dealkylation sites (tertiary alicyclic amines) is 1. The molecular weight excluding hydrogens is 264 g/mol. The average Bonchev–Trinajstić information content (AvgIpc) is 2.38. The molecule has 1 aliphatic heterocycles. The van der Waals surface area contributed by atoms with Crippen LogP contribution >= 0.6 is 12.4 Å². The van der Waals surface area contributed by atoms with Gasteiger partial charge in [-0.3, -0.25) is 4.79 Å². The lowest BCUT2D eigenvalue weighted by atomic mass is 9.95. The van der Waals surface area contributed by atoms with Crippen LogP contribution in [0.15, 0.2) is 24.3 Å². The predicted molar refractivity (Wildman–Crippen MR) is 78.6 cm³/mol. The fourth-order valence-electron chi connectivity index (χ4n) is 2.38. The van der Waals surface area contributed by atoms with Crippen molar-refractivity contribution >= 4 is 24.0 Å². The molecule has 0 radical (unpaired) electrons. The summed E-state index contributed by atoms with van der Waals surface area (Å²) in [6.07, 6.45) is 1.11. The monoisotopic (exact) mass is 284 g/mol. The number of hydrogen-bond donors (Lipinski definition) is 1. The van der Waals surface area contributed by atoms with Gasteiger partial charge in [-0.05, 0) is 30.5 Å². The number of ether oxygens (including phenoxy) is 1. The summed E-state index contributed by atoms with van der Waals surface area (Å²) in [6.45, 7) is 3.61. The molecule has 19 heavy (non-hydrogen) atoms. The molecule has 1 aromatic rings. The Morgan fingerprint density at radius 1 is 1.47 bits per heavy atom. The Morgan fingerprint density at radius 2 is 2.21 bits per heavy atom. The highest BCUT2D eigenvalue weighted by Crippen LogP contribution is 2.21. The number of nitrogens with zero attached hydrogens (tertiary/aromatic N) is 1.